The topological polar surface area (TPSA) is 75.3 Å². The molecule has 1 amide bonds. The van der Waals surface area contributed by atoms with Gasteiger partial charge in [0.1, 0.15) is 0 Å². The highest BCUT2D eigenvalue weighted by molar-refractivity contribution is 7.89. The Morgan fingerprint density at radius 3 is 2.29 bits per heavy atom. The first-order valence-electron chi connectivity index (χ1n) is 8.72. The van der Waals surface area contributed by atoms with Gasteiger partial charge in [-0.1, -0.05) is 24.3 Å². The first-order chi connectivity index (χ1) is 13.1. The van der Waals surface area contributed by atoms with Crippen LogP contribution in [0.4, 0.5) is 18.9 Å². The molecule has 1 aliphatic carbocycles. The minimum Gasteiger partial charge on any atom is -0.325 e. The van der Waals surface area contributed by atoms with Crippen molar-refractivity contribution in [3.8, 4) is 0 Å². The van der Waals surface area contributed by atoms with Crippen molar-refractivity contribution in [2.24, 2.45) is 0 Å². The van der Waals surface area contributed by atoms with E-state index < -0.39 is 27.7 Å². The molecule has 0 heterocycles. The Bertz CT molecular complexity index is 953. The number of sulfonamides is 1. The van der Waals surface area contributed by atoms with Gasteiger partial charge in [-0.3, -0.25) is 4.79 Å². The molecule has 0 spiro atoms. The number of hydrogen-bond acceptors (Lipinski definition) is 3. The second kappa shape index (κ2) is 7.92. The molecule has 28 heavy (non-hydrogen) atoms. The maximum absolute atomic E-state index is 13.0. The summed E-state index contributed by atoms with van der Waals surface area (Å²) in [6.07, 6.45) is -2.64. The lowest BCUT2D eigenvalue weighted by molar-refractivity contribution is -0.137. The molecule has 0 radical (unpaired) electrons. The lowest BCUT2D eigenvalue weighted by Crippen LogP contribution is -2.25. The van der Waals surface area contributed by atoms with E-state index in [9.17, 15) is 26.4 Å². The molecular formula is C19H19F3N2O3S. The summed E-state index contributed by atoms with van der Waals surface area (Å²) < 4.78 is 65.7. The second-order valence-corrected chi connectivity index (χ2v) is 8.35. The fourth-order valence-corrected chi connectivity index (χ4v) is 3.94. The third-order valence-electron chi connectivity index (χ3n) is 4.28. The highest BCUT2D eigenvalue weighted by atomic mass is 32.2. The summed E-state index contributed by atoms with van der Waals surface area (Å²) in [4.78, 5) is 12.2. The van der Waals surface area contributed by atoms with Crippen LogP contribution in [0.5, 0.6) is 0 Å². The Morgan fingerprint density at radius 1 is 1.04 bits per heavy atom. The number of hydrogen-bond donors (Lipinski definition) is 2. The maximum Gasteiger partial charge on any atom is 0.418 e. The Balaban J connectivity index is 1.58. The average molecular weight is 412 g/mol. The van der Waals surface area contributed by atoms with Crippen LogP contribution in [-0.4, -0.2) is 20.4 Å². The second-order valence-electron chi connectivity index (χ2n) is 6.63. The van der Waals surface area contributed by atoms with Crippen molar-refractivity contribution in [2.45, 2.75) is 42.8 Å². The van der Waals surface area contributed by atoms with Crippen LogP contribution in [0.2, 0.25) is 0 Å². The van der Waals surface area contributed by atoms with Crippen molar-refractivity contribution in [2.75, 3.05) is 5.32 Å². The van der Waals surface area contributed by atoms with E-state index in [0.29, 0.717) is 5.56 Å². The van der Waals surface area contributed by atoms with Crippen molar-refractivity contribution < 1.29 is 26.4 Å². The number of anilines is 1. The first-order valence-corrected chi connectivity index (χ1v) is 10.2. The number of amides is 1. The van der Waals surface area contributed by atoms with Crippen LogP contribution in [0.25, 0.3) is 0 Å². The van der Waals surface area contributed by atoms with E-state index in [0.717, 1.165) is 18.9 Å². The summed E-state index contributed by atoms with van der Waals surface area (Å²) in [6.45, 7) is 0. The molecule has 0 saturated heterocycles. The van der Waals surface area contributed by atoms with E-state index in [1.165, 1.54) is 30.3 Å². The minimum absolute atomic E-state index is 0.00736. The zero-order valence-electron chi connectivity index (χ0n) is 14.8. The molecule has 3 rings (SSSR count). The number of nitrogens with one attached hydrogen (secondary N) is 2. The zero-order valence-corrected chi connectivity index (χ0v) is 15.6. The van der Waals surface area contributed by atoms with Gasteiger partial charge in [0.05, 0.1) is 16.1 Å². The van der Waals surface area contributed by atoms with Gasteiger partial charge in [-0.2, -0.15) is 13.2 Å². The Morgan fingerprint density at radius 2 is 1.68 bits per heavy atom. The summed E-state index contributed by atoms with van der Waals surface area (Å²) in [7, 11) is -3.54. The fourth-order valence-electron chi connectivity index (χ4n) is 2.63. The SMILES string of the molecule is O=C(CCc1ccc(S(=O)(=O)NC2CC2)cc1)Nc1ccccc1C(F)(F)F. The molecule has 150 valence electrons. The molecule has 1 fully saturated rings. The van der Waals surface area contributed by atoms with Crippen molar-refractivity contribution >= 4 is 21.6 Å². The molecule has 2 N–H and O–H groups in total. The predicted octanol–water partition coefficient (Wildman–Crippen LogP) is 3.72. The molecule has 1 aliphatic rings. The maximum atomic E-state index is 13.0. The van der Waals surface area contributed by atoms with E-state index >= 15 is 0 Å². The number of aryl methyl sites for hydroxylation is 1. The van der Waals surface area contributed by atoms with Gasteiger partial charge >= 0.3 is 6.18 Å². The third-order valence-corrected chi connectivity index (χ3v) is 5.82. The average Bonchev–Trinajstić information content (AvgIpc) is 3.43. The van der Waals surface area contributed by atoms with E-state index in [4.69, 9.17) is 0 Å². The number of carbonyl (C=O) groups excluding carboxylic acids is 1. The molecule has 2 aromatic rings. The van der Waals surface area contributed by atoms with Crippen LogP contribution in [0, 0.1) is 0 Å². The van der Waals surface area contributed by atoms with Gasteiger partial charge in [0.15, 0.2) is 0 Å². The molecule has 0 aromatic heterocycles. The largest absolute Gasteiger partial charge is 0.418 e. The highest BCUT2D eigenvalue weighted by Crippen LogP contribution is 2.34. The van der Waals surface area contributed by atoms with Crippen molar-refractivity contribution in [3.63, 3.8) is 0 Å². The summed E-state index contributed by atoms with van der Waals surface area (Å²) in [5.74, 6) is -0.552. The van der Waals surface area contributed by atoms with Crippen molar-refractivity contribution in [1.82, 2.24) is 4.72 Å². The highest BCUT2D eigenvalue weighted by Gasteiger charge is 2.33. The monoisotopic (exact) mass is 412 g/mol. The Hall–Kier alpha value is -2.39. The van der Waals surface area contributed by atoms with E-state index in [2.05, 4.69) is 10.0 Å². The van der Waals surface area contributed by atoms with Gasteiger partial charge in [0, 0.05) is 12.5 Å². The molecule has 5 nitrogen and oxygen atoms in total. The first kappa shape index (κ1) is 20.3. The third kappa shape index (κ3) is 5.32. The van der Waals surface area contributed by atoms with Gasteiger partial charge in [0.2, 0.25) is 15.9 Å². The van der Waals surface area contributed by atoms with Gasteiger partial charge in [-0.15, -0.1) is 0 Å². The van der Waals surface area contributed by atoms with Crippen LogP contribution in [0.3, 0.4) is 0 Å². The summed E-state index contributed by atoms with van der Waals surface area (Å²) in [6, 6.07) is 10.9. The number of alkyl halides is 3. The van der Waals surface area contributed by atoms with E-state index in [1.807, 2.05) is 0 Å². The molecule has 9 heteroatoms. The van der Waals surface area contributed by atoms with Crippen LogP contribution >= 0.6 is 0 Å². The van der Waals surface area contributed by atoms with E-state index in [-0.39, 0.29) is 29.5 Å². The van der Waals surface area contributed by atoms with Gasteiger partial charge in [-0.25, -0.2) is 13.1 Å². The molecular weight excluding hydrogens is 393 g/mol. The zero-order chi connectivity index (χ0) is 20.4. The number of carbonyl (C=O) groups is 1. The van der Waals surface area contributed by atoms with Crippen LogP contribution < -0.4 is 10.0 Å². The quantitative estimate of drug-likeness (QED) is 0.728. The normalized spacial score (nSPS) is 14.7. The Labute approximate surface area is 161 Å². The Kier molecular flexibility index (Phi) is 5.76. The number of rotatable bonds is 7. The molecule has 0 atom stereocenters. The van der Waals surface area contributed by atoms with Gasteiger partial charge < -0.3 is 5.32 Å². The van der Waals surface area contributed by atoms with Gasteiger partial charge in [0.25, 0.3) is 0 Å². The van der Waals surface area contributed by atoms with Crippen LogP contribution in [0.1, 0.15) is 30.4 Å². The molecule has 1 saturated carbocycles. The summed E-state index contributed by atoms with van der Waals surface area (Å²) in [5.41, 5.74) is -0.474. The van der Waals surface area contributed by atoms with Crippen molar-refractivity contribution in [3.05, 3.63) is 59.7 Å². The standard InChI is InChI=1S/C19H19F3N2O3S/c20-19(21,22)16-3-1-2-4-17(16)23-18(25)12-7-13-5-10-15(11-6-13)28(26,27)24-14-8-9-14/h1-6,10-11,14,24H,7-9,12H2,(H,23,25). The summed E-state index contributed by atoms with van der Waals surface area (Å²) in [5, 5.41) is 2.29. The number of halogens is 3. The molecule has 0 bridgehead atoms. The van der Waals surface area contributed by atoms with Crippen molar-refractivity contribution in [1.29, 1.82) is 0 Å². The predicted molar refractivity (Wildman–Crippen MR) is 98.2 cm³/mol. The number of benzene rings is 2. The van der Waals surface area contributed by atoms with Crippen LogP contribution in [0.15, 0.2) is 53.4 Å². The smallest absolute Gasteiger partial charge is 0.325 e. The molecule has 0 aliphatic heterocycles. The lowest BCUT2D eigenvalue weighted by Gasteiger charge is -2.13. The lowest BCUT2D eigenvalue weighted by atomic mass is 10.1. The molecule has 2 aromatic carbocycles. The van der Waals surface area contributed by atoms with Crippen LogP contribution in [-0.2, 0) is 27.4 Å². The van der Waals surface area contributed by atoms with Gasteiger partial charge in [-0.05, 0) is 49.1 Å². The fraction of sp³-hybridized carbons (Fsp3) is 0.316. The minimum atomic E-state index is -4.56. The van der Waals surface area contributed by atoms with E-state index in [1.54, 1.807) is 12.1 Å². The summed E-state index contributed by atoms with van der Waals surface area (Å²) >= 11 is 0. The molecule has 0 unspecified atom stereocenters. The number of para-hydroxylation sites is 1.